The number of nitrogens with two attached hydrogens (primary N) is 1. The molecule has 0 heterocycles. The van der Waals surface area contributed by atoms with Gasteiger partial charge in [0.2, 0.25) is 0 Å². The monoisotopic (exact) mass is 256 g/mol. The van der Waals surface area contributed by atoms with E-state index >= 15 is 0 Å². The number of nitrogens with one attached hydrogen (secondary N) is 1. The number of hydrogen-bond donors (Lipinski definition) is 2. The van der Waals surface area contributed by atoms with E-state index in [4.69, 9.17) is 5.73 Å². The van der Waals surface area contributed by atoms with Crippen molar-refractivity contribution in [2.45, 2.75) is 39.3 Å². The van der Waals surface area contributed by atoms with Gasteiger partial charge in [-0.1, -0.05) is 35.9 Å². The van der Waals surface area contributed by atoms with Gasteiger partial charge in [0.15, 0.2) is 0 Å². The zero-order valence-corrected chi connectivity index (χ0v) is 12.2. The third-order valence-corrected chi connectivity index (χ3v) is 3.60. The Balaban J connectivity index is 2.11. The normalized spacial score (nSPS) is 12.0. The molecule has 0 saturated carbocycles. The van der Waals surface area contributed by atoms with E-state index in [0.29, 0.717) is 0 Å². The SMILES string of the molecule is Cc1ccc2cc(CNC(C)(C)CCN)ccc2c1. The highest BCUT2D eigenvalue weighted by molar-refractivity contribution is 5.83. The molecule has 0 saturated heterocycles. The Bertz CT molecular complexity index is 558. The van der Waals surface area contributed by atoms with Crippen molar-refractivity contribution in [3.63, 3.8) is 0 Å². The Labute approximate surface area is 116 Å². The fourth-order valence-corrected chi connectivity index (χ4v) is 2.32. The molecule has 2 aromatic carbocycles. The number of benzene rings is 2. The highest BCUT2D eigenvalue weighted by Crippen LogP contribution is 2.18. The number of hydrogen-bond acceptors (Lipinski definition) is 2. The lowest BCUT2D eigenvalue weighted by Crippen LogP contribution is -2.40. The smallest absolute Gasteiger partial charge is 0.0210 e. The van der Waals surface area contributed by atoms with Crippen LogP contribution in [0.15, 0.2) is 36.4 Å². The van der Waals surface area contributed by atoms with Crippen molar-refractivity contribution >= 4 is 10.8 Å². The largest absolute Gasteiger partial charge is 0.330 e. The second-order valence-electron chi connectivity index (χ2n) is 5.96. The minimum Gasteiger partial charge on any atom is -0.330 e. The molecule has 19 heavy (non-hydrogen) atoms. The Morgan fingerprint density at radius 3 is 2.47 bits per heavy atom. The number of aryl methyl sites for hydroxylation is 1. The molecule has 2 nitrogen and oxygen atoms in total. The van der Waals surface area contributed by atoms with E-state index in [1.54, 1.807) is 0 Å². The maximum Gasteiger partial charge on any atom is 0.0210 e. The van der Waals surface area contributed by atoms with Gasteiger partial charge in [0, 0.05) is 12.1 Å². The average Bonchev–Trinajstić information content (AvgIpc) is 2.36. The van der Waals surface area contributed by atoms with Gasteiger partial charge in [-0.05, 0) is 56.1 Å². The van der Waals surface area contributed by atoms with Gasteiger partial charge < -0.3 is 11.1 Å². The molecule has 0 spiro atoms. The quantitative estimate of drug-likeness (QED) is 0.861. The maximum atomic E-state index is 5.63. The summed E-state index contributed by atoms with van der Waals surface area (Å²) in [5, 5.41) is 6.19. The van der Waals surface area contributed by atoms with Crippen molar-refractivity contribution in [1.82, 2.24) is 5.32 Å². The maximum absolute atomic E-state index is 5.63. The van der Waals surface area contributed by atoms with Crippen LogP contribution in [0.3, 0.4) is 0 Å². The number of rotatable bonds is 5. The average molecular weight is 256 g/mol. The highest BCUT2D eigenvalue weighted by Gasteiger charge is 2.15. The predicted molar refractivity (Wildman–Crippen MR) is 83.3 cm³/mol. The zero-order valence-electron chi connectivity index (χ0n) is 12.2. The minimum atomic E-state index is 0.0942. The van der Waals surface area contributed by atoms with E-state index < -0.39 is 0 Å². The van der Waals surface area contributed by atoms with Crippen LogP contribution in [0.4, 0.5) is 0 Å². The Morgan fingerprint density at radius 1 is 1.05 bits per heavy atom. The molecule has 0 aliphatic carbocycles. The molecule has 0 fully saturated rings. The van der Waals surface area contributed by atoms with E-state index in [1.807, 2.05) is 0 Å². The molecule has 0 unspecified atom stereocenters. The molecule has 0 amide bonds. The van der Waals surface area contributed by atoms with Gasteiger partial charge in [-0.25, -0.2) is 0 Å². The fourth-order valence-electron chi connectivity index (χ4n) is 2.32. The molecule has 102 valence electrons. The molecule has 2 rings (SSSR count). The summed E-state index contributed by atoms with van der Waals surface area (Å²) in [6, 6.07) is 13.3. The van der Waals surface area contributed by atoms with E-state index in [0.717, 1.165) is 19.5 Å². The van der Waals surface area contributed by atoms with Gasteiger partial charge in [0.25, 0.3) is 0 Å². The van der Waals surface area contributed by atoms with Crippen LogP contribution in [-0.2, 0) is 6.54 Å². The summed E-state index contributed by atoms with van der Waals surface area (Å²) in [6.07, 6.45) is 0.986. The second-order valence-corrected chi connectivity index (χ2v) is 5.96. The summed E-state index contributed by atoms with van der Waals surface area (Å²) in [7, 11) is 0. The lowest BCUT2D eigenvalue weighted by atomic mass is 9.99. The van der Waals surface area contributed by atoms with Crippen LogP contribution in [0.25, 0.3) is 10.8 Å². The van der Waals surface area contributed by atoms with Gasteiger partial charge >= 0.3 is 0 Å². The molecular formula is C17H24N2. The minimum absolute atomic E-state index is 0.0942. The Morgan fingerprint density at radius 2 is 1.74 bits per heavy atom. The van der Waals surface area contributed by atoms with Crippen molar-refractivity contribution in [2.24, 2.45) is 5.73 Å². The van der Waals surface area contributed by atoms with Crippen LogP contribution < -0.4 is 11.1 Å². The fraction of sp³-hybridized carbons (Fsp3) is 0.412. The molecule has 0 radical (unpaired) electrons. The van der Waals surface area contributed by atoms with Crippen LogP contribution >= 0.6 is 0 Å². The lowest BCUT2D eigenvalue weighted by molar-refractivity contribution is 0.365. The summed E-state index contributed by atoms with van der Waals surface area (Å²) in [4.78, 5) is 0. The van der Waals surface area contributed by atoms with Crippen LogP contribution in [0.5, 0.6) is 0 Å². The van der Waals surface area contributed by atoms with E-state index in [1.165, 1.54) is 21.9 Å². The van der Waals surface area contributed by atoms with Gasteiger partial charge in [-0.15, -0.1) is 0 Å². The molecular weight excluding hydrogens is 232 g/mol. The summed E-state index contributed by atoms with van der Waals surface area (Å²) in [6.45, 7) is 8.13. The van der Waals surface area contributed by atoms with Crippen molar-refractivity contribution in [2.75, 3.05) is 6.54 Å². The van der Waals surface area contributed by atoms with Crippen LogP contribution in [0, 0.1) is 6.92 Å². The molecule has 0 aliphatic heterocycles. The second kappa shape index (κ2) is 5.72. The summed E-state index contributed by atoms with van der Waals surface area (Å²) in [5.41, 5.74) is 8.35. The first kappa shape index (κ1) is 14.0. The van der Waals surface area contributed by atoms with Crippen LogP contribution in [0.2, 0.25) is 0 Å². The zero-order chi connectivity index (χ0) is 13.9. The van der Waals surface area contributed by atoms with Crippen molar-refractivity contribution < 1.29 is 0 Å². The first-order valence-corrected chi connectivity index (χ1v) is 6.94. The van der Waals surface area contributed by atoms with Crippen LogP contribution in [-0.4, -0.2) is 12.1 Å². The molecule has 0 aliphatic rings. The van der Waals surface area contributed by atoms with Gasteiger partial charge in [0.05, 0.1) is 0 Å². The van der Waals surface area contributed by atoms with Crippen molar-refractivity contribution in [3.05, 3.63) is 47.5 Å². The first-order valence-electron chi connectivity index (χ1n) is 6.94. The molecule has 0 aromatic heterocycles. The van der Waals surface area contributed by atoms with Crippen molar-refractivity contribution in [3.8, 4) is 0 Å². The van der Waals surface area contributed by atoms with E-state index in [-0.39, 0.29) is 5.54 Å². The Kier molecular flexibility index (Phi) is 4.23. The third-order valence-electron chi connectivity index (χ3n) is 3.60. The lowest BCUT2D eigenvalue weighted by Gasteiger charge is -2.25. The van der Waals surface area contributed by atoms with Gasteiger partial charge in [-0.3, -0.25) is 0 Å². The first-order chi connectivity index (χ1) is 9.00. The van der Waals surface area contributed by atoms with E-state index in [2.05, 4.69) is 62.5 Å². The summed E-state index contributed by atoms with van der Waals surface area (Å²) >= 11 is 0. The molecule has 0 atom stereocenters. The summed E-state index contributed by atoms with van der Waals surface area (Å²) < 4.78 is 0. The number of fused-ring (bicyclic) bond motifs is 1. The van der Waals surface area contributed by atoms with Gasteiger partial charge in [0.1, 0.15) is 0 Å². The molecule has 3 N–H and O–H groups in total. The molecule has 2 aromatic rings. The van der Waals surface area contributed by atoms with Gasteiger partial charge in [-0.2, -0.15) is 0 Å². The topological polar surface area (TPSA) is 38.0 Å². The van der Waals surface area contributed by atoms with Crippen LogP contribution in [0.1, 0.15) is 31.4 Å². The predicted octanol–water partition coefficient (Wildman–Crippen LogP) is 3.37. The molecule has 2 heteroatoms. The summed E-state index contributed by atoms with van der Waals surface area (Å²) in [5.74, 6) is 0. The van der Waals surface area contributed by atoms with E-state index in [9.17, 15) is 0 Å². The standard InChI is InChI=1S/C17H24N2/c1-13-4-6-16-11-14(5-7-15(16)10-13)12-19-17(2,3)8-9-18/h4-7,10-11,19H,8-9,12,18H2,1-3H3. The van der Waals surface area contributed by atoms with Crippen molar-refractivity contribution in [1.29, 1.82) is 0 Å². The Hall–Kier alpha value is -1.38. The molecule has 0 bridgehead atoms. The third kappa shape index (κ3) is 3.79. The highest BCUT2D eigenvalue weighted by atomic mass is 15.0.